The molecule has 3 nitrogen and oxygen atoms in total. The highest BCUT2D eigenvalue weighted by Gasteiger charge is 2.15. The molecule has 0 bridgehead atoms. The first-order valence-electron chi connectivity index (χ1n) is 4.36. The van der Waals surface area contributed by atoms with Crippen molar-refractivity contribution in [2.75, 3.05) is 19.8 Å². The van der Waals surface area contributed by atoms with Gasteiger partial charge in [0.25, 0.3) is 0 Å². The van der Waals surface area contributed by atoms with Crippen LogP contribution in [0.3, 0.4) is 0 Å². The summed E-state index contributed by atoms with van der Waals surface area (Å²) < 4.78 is 5.24. The average Bonchev–Trinajstić information content (AvgIpc) is 2.06. The van der Waals surface area contributed by atoms with Gasteiger partial charge in [0, 0.05) is 25.8 Å². The van der Waals surface area contributed by atoms with Crippen LogP contribution in [0.25, 0.3) is 0 Å². The molecule has 1 aliphatic heterocycles. The van der Waals surface area contributed by atoms with E-state index in [9.17, 15) is 0 Å². The molecule has 1 heterocycles. The Kier molecular flexibility index (Phi) is 3.83. The van der Waals surface area contributed by atoms with Crippen LogP contribution in [-0.4, -0.2) is 25.8 Å². The molecule has 1 saturated heterocycles. The summed E-state index contributed by atoms with van der Waals surface area (Å²) in [6, 6.07) is 0.193. The van der Waals surface area contributed by atoms with E-state index in [0.717, 1.165) is 38.4 Å². The van der Waals surface area contributed by atoms with E-state index in [2.05, 4.69) is 0 Å². The molecule has 1 unspecified atom stereocenters. The summed E-state index contributed by atoms with van der Waals surface area (Å²) in [7, 11) is 0. The second-order valence-corrected chi connectivity index (χ2v) is 3.29. The first-order chi connectivity index (χ1) is 5.33. The van der Waals surface area contributed by atoms with Gasteiger partial charge in [-0.25, -0.2) is 0 Å². The van der Waals surface area contributed by atoms with E-state index in [4.69, 9.17) is 16.2 Å². The van der Waals surface area contributed by atoms with Gasteiger partial charge in [-0.15, -0.1) is 0 Å². The Balaban J connectivity index is 2.13. The van der Waals surface area contributed by atoms with Crippen LogP contribution >= 0.6 is 0 Å². The van der Waals surface area contributed by atoms with Crippen molar-refractivity contribution in [1.29, 1.82) is 0 Å². The molecule has 4 N–H and O–H groups in total. The normalized spacial score (nSPS) is 23.5. The molecule has 0 aliphatic carbocycles. The second-order valence-electron chi connectivity index (χ2n) is 3.29. The van der Waals surface area contributed by atoms with Crippen LogP contribution < -0.4 is 11.5 Å². The number of ether oxygens (including phenoxy) is 1. The fourth-order valence-electron chi connectivity index (χ4n) is 1.51. The maximum atomic E-state index is 5.74. The van der Waals surface area contributed by atoms with Crippen LogP contribution in [0.15, 0.2) is 0 Å². The first kappa shape index (κ1) is 8.97. The van der Waals surface area contributed by atoms with Crippen molar-refractivity contribution < 1.29 is 4.74 Å². The SMILES string of the molecule is NCC(N)CC1CCOCC1. The van der Waals surface area contributed by atoms with Crippen LogP contribution in [-0.2, 0) is 4.74 Å². The van der Waals surface area contributed by atoms with E-state index < -0.39 is 0 Å². The van der Waals surface area contributed by atoms with Gasteiger partial charge >= 0.3 is 0 Å². The van der Waals surface area contributed by atoms with E-state index in [0.29, 0.717) is 6.54 Å². The van der Waals surface area contributed by atoms with Crippen molar-refractivity contribution in [3.63, 3.8) is 0 Å². The molecular weight excluding hydrogens is 140 g/mol. The lowest BCUT2D eigenvalue weighted by Gasteiger charge is -2.24. The molecule has 0 aromatic carbocycles. The minimum atomic E-state index is 0.193. The highest BCUT2D eigenvalue weighted by Crippen LogP contribution is 2.18. The highest BCUT2D eigenvalue weighted by atomic mass is 16.5. The molecule has 66 valence electrons. The molecule has 1 rings (SSSR count). The third-order valence-corrected chi connectivity index (χ3v) is 2.28. The van der Waals surface area contributed by atoms with Crippen LogP contribution in [0.2, 0.25) is 0 Å². The Morgan fingerprint density at radius 2 is 2.00 bits per heavy atom. The minimum Gasteiger partial charge on any atom is -0.381 e. The van der Waals surface area contributed by atoms with Crippen molar-refractivity contribution in [2.24, 2.45) is 17.4 Å². The van der Waals surface area contributed by atoms with Gasteiger partial charge in [0.2, 0.25) is 0 Å². The fraction of sp³-hybridized carbons (Fsp3) is 1.00. The van der Waals surface area contributed by atoms with Crippen LogP contribution in [0.1, 0.15) is 19.3 Å². The van der Waals surface area contributed by atoms with Gasteiger partial charge < -0.3 is 16.2 Å². The molecule has 11 heavy (non-hydrogen) atoms. The van der Waals surface area contributed by atoms with Gasteiger partial charge in [-0.1, -0.05) is 0 Å². The molecule has 1 fully saturated rings. The summed E-state index contributed by atoms with van der Waals surface area (Å²) in [6.07, 6.45) is 3.39. The molecular formula is C8H18N2O. The molecule has 0 spiro atoms. The molecule has 0 aromatic heterocycles. The smallest absolute Gasteiger partial charge is 0.0468 e. The quantitative estimate of drug-likeness (QED) is 0.612. The Morgan fingerprint density at radius 3 is 2.55 bits per heavy atom. The number of hydrogen-bond donors (Lipinski definition) is 2. The molecule has 0 saturated carbocycles. The van der Waals surface area contributed by atoms with Crippen molar-refractivity contribution >= 4 is 0 Å². The largest absolute Gasteiger partial charge is 0.381 e. The lowest BCUT2D eigenvalue weighted by atomic mass is 9.93. The number of nitrogens with two attached hydrogens (primary N) is 2. The number of rotatable bonds is 3. The van der Waals surface area contributed by atoms with Crippen molar-refractivity contribution in [3.8, 4) is 0 Å². The van der Waals surface area contributed by atoms with Gasteiger partial charge in [0.05, 0.1) is 0 Å². The monoisotopic (exact) mass is 158 g/mol. The van der Waals surface area contributed by atoms with E-state index in [1.807, 2.05) is 0 Å². The van der Waals surface area contributed by atoms with E-state index in [1.54, 1.807) is 0 Å². The minimum absolute atomic E-state index is 0.193. The summed E-state index contributed by atoms with van der Waals surface area (Å²) in [5.41, 5.74) is 11.2. The van der Waals surface area contributed by atoms with Gasteiger partial charge in [0.1, 0.15) is 0 Å². The Hall–Kier alpha value is -0.120. The summed E-state index contributed by atoms with van der Waals surface area (Å²) in [5.74, 6) is 0.752. The molecule has 0 aromatic rings. The topological polar surface area (TPSA) is 61.3 Å². The Bertz CT molecular complexity index is 102. The predicted molar refractivity (Wildman–Crippen MR) is 45.2 cm³/mol. The van der Waals surface area contributed by atoms with Crippen molar-refractivity contribution in [1.82, 2.24) is 0 Å². The van der Waals surface area contributed by atoms with Gasteiger partial charge in [0.15, 0.2) is 0 Å². The summed E-state index contributed by atoms with van der Waals surface area (Å²) in [5, 5.41) is 0. The third kappa shape index (κ3) is 3.18. The zero-order valence-corrected chi connectivity index (χ0v) is 6.96. The first-order valence-corrected chi connectivity index (χ1v) is 4.36. The Labute approximate surface area is 68.1 Å². The highest BCUT2D eigenvalue weighted by molar-refractivity contribution is 4.71. The van der Waals surface area contributed by atoms with E-state index in [1.165, 1.54) is 0 Å². The van der Waals surface area contributed by atoms with Gasteiger partial charge in [-0.3, -0.25) is 0 Å². The molecule has 3 heteroatoms. The van der Waals surface area contributed by atoms with Gasteiger partial charge in [-0.2, -0.15) is 0 Å². The summed E-state index contributed by atoms with van der Waals surface area (Å²) in [6.45, 7) is 2.42. The average molecular weight is 158 g/mol. The third-order valence-electron chi connectivity index (χ3n) is 2.28. The van der Waals surface area contributed by atoms with Gasteiger partial charge in [-0.05, 0) is 25.2 Å². The molecule has 0 amide bonds. The van der Waals surface area contributed by atoms with Crippen molar-refractivity contribution in [2.45, 2.75) is 25.3 Å². The molecule has 0 radical (unpaired) electrons. The van der Waals surface area contributed by atoms with E-state index in [-0.39, 0.29) is 6.04 Å². The Morgan fingerprint density at radius 1 is 1.36 bits per heavy atom. The second kappa shape index (κ2) is 4.70. The lowest BCUT2D eigenvalue weighted by molar-refractivity contribution is 0.0621. The fourth-order valence-corrected chi connectivity index (χ4v) is 1.51. The van der Waals surface area contributed by atoms with Crippen LogP contribution in [0.5, 0.6) is 0 Å². The summed E-state index contributed by atoms with van der Waals surface area (Å²) >= 11 is 0. The van der Waals surface area contributed by atoms with E-state index >= 15 is 0 Å². The molecule has 1 aliphatic rings. The summed E-state index contributed by atoms with van der Waals surface area (Å²) in [4.78, 5) is 0. The maximum Gasteiger partial charge on any atom is 0.0468 e. The van der Waals surface area contributed by atoms with Crippen LogP contribution in [0, 0.1) is 5.92 Å². The van der Waals surface area contributed by atoms with Crippen LogP contribution in [0.4, 0.5) is 0 Å². The maximum absolute atomic E-state index is 5.74. The standard InChI is InChI=1S/C8H18N2O/c9-6-8(10)5-7-1-3-11-4-2-7/h7-8H,1-6,9-10H2. The molecule has 1 atom stereocenters. The predicted octanol–water partition coefficient (Wildman–Crippen LogP) is 0.0891. The lowest BCUT2D eigenvalue weighted by Crippen LogP contribution is -2.33. The number of hydrogen-bond acceptors (Lipinski definition) is 3. The zero-order valence-electron chi connectivity index (χ0n) is 6.96. The van der Waals surface area contributed by atoms with Crippen molar-refractivity contribution in [3.05, 3.63) is 0 Å². The zero-order chi connectivity index (χ0) is 8.10.